The molecule has 7 unspecified atom stereocenters. The summed E-state index contributed by atoms with van der Waals surface area (Å²) in [6.07, 6.45) is 8.23. The Hall–Kier alpha value is -2.28. The van der Waals surface area contributed by atoms with E-state index in [1.165, 1.54) is 5.56 Å². The van der Waals surface area contributed by atoms with Gasteiger partial charge in [-0.3, -0.25) is 0 Å². The quantitative estimate of drug-likeness (QED) is 0.276. The van der Waals surface area contributed by atoms with Crippen LogP contribution in [0, 0.1) is 23.2 Å². The van der Waals surface area contributed by atoms with E-state index in [1.54, 1.807) is 0 Å². The second-order valence-electron chi connectivity index (χ2n) is 21.0. The van der Waals surface area contributed by atoms with Crippen molar-refractivity contribution in [1.82, 2.24) is 0 Å². The summed E-state index contributed by atoms with van der Waals surface area (Å²) in [5.74, 6) is 7.09. The van der Waals surface area contributed by atoms with Gasteiger partial charge in [-0.15, -0.1) is 0 Å². The molecule has 0 radical (unpaired) electrons. The van der Waals surface area contributed by atoms with Gasteiger partial charge in [-0.1, -0.05) is 69.2 Å². The number of ether oxygens (including phenoxy) is 1. The molecule has 3 aromatic heterocycles. The Morgan fingerprint density at radius 1 is 0.706 bits per heavy atom. The zero-order chi connectivity index (χ0) is 37.2. The summed E-state index contributed by atoms with van der Waals surface area (Å²) in [7, 11) is 0. The average molecular weight is 703 g/mol. The largest absolute Gasteiger partial charge is 0.465 e. The zero-order valence-electron chi connectivity index (χ0n) is 33.8. The number of furan rings is 3. The summed E-state index contributed by atoms with van der Waals surface area (Å²) in [6, 6.07) is 6.61. The second-order valence-corrected chi connectivity index (χ2v) is 21.0. The lowest BCUT2D eigenvalue weighted by atomic mass is 9.63. The van der Waals surface area contributed by atoms with Crippen molar-refractivity contribution >= 4 is 0 Å². The smallest absolute Gasteiger partial charge is 0.110 e. The van der Waals surface area contributed by atoms with Crippen LogP contribution in [0.1, 0.15) is 179 Å². The fourth-order valence-electron chi connectivity index (χ4n) is 10.3. The van der Waals surface area contributed by atoms with Crippen LogP contribution in [0.2, 0.25) is 0 Å². The van der Waals surface area contributed by atoms with Crippen LogP contribution in [0.4, 0.5) is 0 Å². The van der Waals surface area contributed by atoms with E-state index in [2.05, 4.69) is 87.4 Å². The minimum atomic E-state index is -1.05. The first-order valence-electron chi connectivity index (χ1n) is 19.9. The molecule has 282 valence electrons. The topological polar surface area (TPSA) is 89.1 Å². The normalized spacial score (nSPS) is 36.1. The van der Waals surface area contributed by atoms with Crippen LogP contribution < -0.4 is 0 Å². The lowest BCUT2D eigenvalue weighted by Gasteiger charge is -2.47. The third kappa shape index (κ3) is 6.52. The third-order valence-electron chi connectivity index (χ3n) is 13.6. The molecule has 4 aliphatic rings. The fourth-order valence-corrected chi connectivity index (χ4v) is 10.3. The van der Waals surface area contributed by atoms with E-state index in [4.69, 9.17) is 18.0 Å². The standard InChI is InChI=1S/C45H66O6/c1-27(2)29-18-34-32(21-37(49-34)40(7,8)9)45(23-29)16-14-41(10,38-20-30-33(50-38)17-28(3)22-42(30,11)46)13-15-44(26-48-45)24-35-31(43(12,47)25-44)19-36(51-35)39(4,5)6/h19-21,27-29,46-47H,13-18,22-26H2,1-12H3. The van der Waals surface area contributed by atoms with Crippen LogP contribution in [0.5, 0.6) is 0 Å². The number of hydrogen-bond acceptors (Lipinski definition) is 6. The van der Waals surface area contributed by atoms with Crippen LogP contribution in [0.15, 0.2) is 31.5 Å². The van der Waals surface area contributed by atoms with Gasteiger partial charge in [0, 0.05) is 57.6 Å². The van der Waals surface area contributed by atoms with E-state index in [0.717, 1.165) is 103 Å². The molecule has 1 saturated heterocycles. The van der Waals surface area contributed by atoms with E-state index < -0.39 is 16.8 Å². The predicted octanol–water partition coefficient (Wildman–Crippen LogP) is 10.7. The van der Waals surface area contributed by atoms with E-state index >= 15 is 0 Å². The van der Waals surface area contributed by atoms with Crippen LogP contribution in [-0.2, 0) is 57.0 Å². The maximum atomic E-state index is 12.3. The lowest BCUT2D eigenvalue weighted by Crippen LogP contribution is -2.45. The third-order valence-corrected chi connectivity index (χ3v) is 13.6. The summed E-state index contributed by atoms with van der Waals surface area (Å²) in [5.41, 5.74) is -0.327. The van der Waals surface area contributed by atoms with Crippen molar-refractivity contribution in [3.8, 4) is 0 Å². The average Bonchev–Trinajstić information content (AvgIpc) is 3.75. The van der Waals surface area contributed by atoms with Crippen molar-refractivity contribution in [2.45, 2.75) is 180 Å². The SMILES string of the molecule is CC1Cc2oc(C3(C)CCC4(COC5(CC3)CC(C(C)C)Cc3oc(C(C)(C)C)cc35)Cc3oc(C(C)(C)C)cc3C(C)(O)C4)cc2C(C)(O)C1. The van der Waals surface area contributed by atoms with E-state index in [1.807, 2.05) is 13.8 Å². The molecule has 7 atom stereocenters. The van der Waals surface area contributed by atoms with Gasteiger partial charge in [0.1, 0.15) is 34.6 Å². The van der Waals surface area contributed by atoms with Gasteiger partial charge < -0.3 is 28.2 Å². The molecule has 0 amide bonds. The monoisotopic (exact) mass is 702 g/mol. The molecule has 3 aromatic rings. The highest BCUT2D eigenvalue weighted by Crippen LogP contribution is 2.57. The summed E-state index contributed by atoms with van der Waals surface area (Å²) in [6.45, 7) is 26.9. The number of rotatable bonds is 2. The first-order chi connectivity index (χ1) is 23.4. The molecule has 0 saturated carbocycles. The second kappa shape index (κ2) is 11.9. The minimum absolute atomic E-state index is 0.121. The Kier molecular flexibility index (Phi) is 8.62. The van der Waals surface area contributed by atoms with Crippen molar-refractivity contribution in [3.05, 3.63) is 69.5 Å². The van der Waals surface area contributed by atoms with Crippen LogP contribution >= 0.6 is 0 Å². The van der Waals surface area contributed by atoms with Gasteiger partial charge in [0.15, 0.2) is 0 Å². The maximum Gasteiger partial charge on any atom is 0.110 e. The Morgan fingerprint density at radius 2 is 1.29 bits per heavy atom. The molecule has 4 heterocycles. The molecule has 0 bridgehead atoms. The molecule has 6 heteroatoms. The van der Waals surface area contributed by atoms with Gasteiger partial charge in [-0.05, 0) is 94.7 Å². The molecule has 7 rings (SSSR count). The molecule has 2 spiro atoms. The lowest BCUT2D eigenvalue weighted by molar-refractivity contribution is -0.135. The molecular weight excluding hydrogens is 636 g/mol. The highest BCUT2D eigenvalue weighted by molar-refractivity contribution is 5.38. The fraction of sp³-hybridized carbons (Fsp3) is 0.733. The molecule has 51 heavy (non-hydrogen) atoms. The van der Waals surface area contributed by atoms with Crippen LogP contribution in [0.25, 0.3) is 0 Å². The Balaban J connectivity index is 1.37. The van der Waals surface area contributed by atoms with Crippen LogP contribution in [-0.4, -0.2) is 16.8 Å². The van der Waals surface area contributed by atoms with Gasteiger partial charge in [0.25, 0.3) is 0 Å². The Morgan fingerprint density at radius 3 is 1.94 bits per heavy atom. The van der Waals surface area contributed by atoms with Gasteiger partial charge in [0.05, 0.1) is 23.4 Å². The Labute approximate surface area is 307 Å². The van der Waals surface area contributed by atoms with E-state index in [9.17, 15) is 10.2 Å². The van der Waals surface area contributed by atoms with Crippen molar-refractivity contribution in [2.75, 3.05) is 6.61 Å². The molecule has 6 nitrogen and oxygen atoms in total. The Bertz CT molecular complexity index is 1770. The van der Waals surface area contributed by atoms with Gasteiger partial charge in [-0.2, -0.15) is 0 Å². The van der Waals surface area contributed by atoms with Crippen molar-refractivity contribution in [3.63, 3.8) is 0 Å². The van der Waals surface area contributed by atoms with Gasteiger partial charge in [-0.25, -0.2) is 0 Å². The molecule has 1 fully saturated rings. The number of fused-ring (bicyclic) bond motifs is 4. The summed E-state index contributed by atoms with van der Waals surface area (Å²) >= 11 is 0. The van der Waals surface area contributed by atoms with Crippen molar-refractivity contribution in [1.29, 1.82) is 0 Å². The molecule has 2 N–H and O–H groups in total. The summed E-state index contributed by atoms with van der Waals surface area (Å²) in [5, 5.41) is 23.9. The summed E-state index contributed by atoms with van der Waals surface area (Å²) < 4.78 is 27.9. The molecule has 0 aromatic carbocycles. The number of hydrogen-bond donors (Lipinski definition) is 2. The predicted molar refractivity (Wildman–Crippen MR) is 201 cm³/mol. The molecular formula is C45H66O6. The van der Waals surface area contributed by atoms with Gasteiger partial charge >= 0.3 is 0 Å². The number of aliphatic hydroxyl groups is 2. The minimum Gasteiger partial charge on any atom is -0.465 e. The van der Waals surface area contributed by atoms with E-state index in [0.29, 0.717) is 30.8 Å². The zero-order valence-corrected chi connectivity index (χ0v) is 33.8. The van der Waals surface area contributed by atoms with Gasteiger partial charge in [0.2, 0.25) is 0 Å². The highest BCUT2D eigenvalue weighted by Gasteiger charge is 2.54. The van der Waals surface area contributed by atoms with Crippen molar-refractivity contribution in [2.24, 2.45) is 23.2 Å². The first-order valence-corrected chi connectivity index (χ1v) is 19.9. The van der Waals surface area contributed by atoms with Crippen molar-refractivity contribution < 1.29 is 28.2 Å². The summed E-state index contributed by atoms with van der Waals surface area (Å²) in [4.78, 5) is 0. The first kappa shape index (κ1) is 37.1. The van der Waals surface area contributed by atoms with E-state index in [-0.39, 0.29) is 21.7 Å². The maximum absolute atomic E-state index is 12.3. The highest BCUT2D eigenvalue weighted by atomic mass is 16.5. The van der Waals surface area contributed by atoms with Crippen LogP contribution in [0.3, 0.4) is 0 Å². The molecule has 3 aliphatic carbocycles. The molecule has 1 aliphatic heterocycles.